The summed E-state index contributed by atoms with van der Waals surface area (Å²) in [6.07, 6.45) is 9.48. The van der Waals surface area contributed by atoms with Gasteiger partial charge in [0.2, 0.25) is 11.8 Å². The van der Waals surface area contributed by atoms with E-state index in [2.05, 4.69) is 10.1 Å². The van der Waals surface area contributed by atoms with E-state index in [0.29, 0.717) is 13.0 Å². The van der Waals surface area contributed by atoms with Gasteiger partial charge in [-0.15, -0.1) is 0 Å². The minimum absolute atomic E-state index is 0.118. The van der Waals surface area contributed by atoms with Gasteiger partial charge in [-0.05, 0) is 49.3 Å². The van der Waals surface area contributed by atoms with Gasteiger partial charge >= 0.3 is 0 Å². The molecule has 1 unspecified atom stereocenters. The Morgan fingerprint density at radius 2 is 2.00 bits per heavy atom. The Labute approximate surface area is 171 Å². The highest BCUT2D eigenvalue weighted by Gasteiger charge is 2.42. The molecule has 0 saturated carbocycles. The Hall–Kier alpha value is -2.70. The van der Waals surface area contributed by atoms with Crippen LogP contribution in [-0.2, 0) is 16.1 Å². The van der Waals surface area contributed by atoms with Gasteiger partial charge in [0.15, 0.2) is 0 Å². The number of hydrogen-bond acceptors (Lipinski definition) is 4. The van der Waals surface area contributed by atoms with E-state index in [-0.39, 0.29) is 23.3 Å². The maximum Gasteiger partial charge on any atom is 0.247 e. The topological polar surface area (TPSA) is 71.3 Å². The van der Waals surface area contributed by atoms with Crippen LogP contribution in [0.4, 0.5) is 0 Å². The summed E-state index contributed by atoms with van der Waals surface area (Å²) in [5.41, 5.74) is 1.04. The van der Waals surface area contributed by atoms with Gasteiger partial charge in [-0.3, -0.25) is 19.3 Å². The van der Waals surface area contributed by atoms with E-state index in [1.165, 1.54) is 0 Å². The number of piperidine rings is 2. The number of aromatic nitrogens is 3. The maximum atomic E-state index is 13.0. The minimum Gasteiger partial charge on any atom is -0.341 e. The molecule has 2 amide bonds. The summed E-state index contributed by atoms with van der Waals surface area (Å²) < 4.78 is 1.76. The molecule has 154 valence electrons. The van der Waals surface area contributed by atoms with Crippen LogP contribution in [0.5, 0.6) is 0 Å². The van der Waals surface area contributed by atoms with Crippen LogP contribution in [0.25, 0.3) is 0 Å². The SMILES string of the molecule is CCC(C(=O)N1CCC2(CCC(=O)N(Cc3ccccn3)C2)CC1)n1cccn1. The number of carbonyl (C=O) groups is 2. The standard InChI is InChI=1S/C22H29N5O2/c1-2-19(27-13-5-12-24-27)21(29)25-14-9-22(10-15-25)8-7-20(28)26(17-22)16-18-6-3-4-11-23-18/h3-6,11-13,19H,2,7-10,14-17H2,1H3. The first kappa shape index (κ1) is 19.6. The van der Waals surface area contributed by atoms with E-state index in [1.54, 1.807) is 17.1 Å². The lowest BCUT2D eigenvalue weighted by atomic mass is 9.72. The van der Waals surface area contributed by atoms with E-state index < -0.39 is 0 Å². The molecule has 0 radical (unpaired) electrons. The number of carbonyl (C=O) groups excluding carboxylic acids is 2. The van der Waals surface area contributed by atoms with Gasteiger partial charge in [-0.2, -0.15) is 5.10 Å². The van der Waals surface area contributed by atoms with Crippen molar-refractivity contribution in [2.24, 2.45) is 5.41 Å². The first-order chi connectivity index (χ1) is 14.1. The van der Waals surface area contributed by atoms with Crippen molar-refractivity contribution in [1.82, 2.24) is 24.6 Å². The average molecular weight is 396 g/mol. The highest BCUT2D eigenvalue weighted by molar-refractivity contribution is 5.80. The molecule has 4 heterocycles. The normalized spacial score (nSPS) is 20.1. The molecule has 0 N–H and O–H groups in total. The summed E-state index contributed by atoms with van der Waals surface area (Å²) >= 11 is 0. The van der Waals surface area contributed by atoms with Gasteiger partial charge in [0, 0.05) is 44.6 Å². The van der Waals surface area contributed by atoms with Crippen LogP contribution in [0.1, 0.15) is 50.8 Å². The third-order valence-corrected chi connectivity index (χ3v) is 6.48. The predicted octanol–water partition coefficient (Wildman–Crippen LogP) is 2.66. The van der Waals surface area contributed by atoms with E-state index in [0.717, 1.165) is 51.0 Å². The van der Waals surface area contributed by atoms with Crippen LogP contribution in [0, 0.1) is 5.41 Å². The third kappa shape index (κ3) is 4.18. The zero-order chi connectivity index (χ0) is 20.3. The Balaban J connectivity index is 1.39. The van der Waals surface area contributed by atoms with Gasteiger partial charge in [-0.25, -0.2) is 0 Å². The Morgan fingerprint density at radius 1 is 1.17 bits per heavy atom. The molecule has 29 heavy (non-hydrogen) atoms. The molecule has 0 aromatic carbocycles. The molecule has 2 aliphatic rings. The Bertz CT molecular complexity index is 828. The fourth-order valence-electron chi connectivity index (χ4n) is 4.69. The molecule has 7 nitrogen and oxygen atoms in total. The minimum atomic E-state index is -0.229. The lowest BCUT2D eigenvalue weighted by Crippen LogP contribution is -2.52. The Kier molecular flexibility index (Phi) is 5.65. The fraction of sp³-hybridized carbons (Fsp3) is 0.545. The first-order valence-electron chi connectivity index (χ1n) is 10.6. The molecule has 1 spiro atoms. The molecule has 2 fully saturated rings. The largest absolute Gasteiger partial charge is 0.341 e. The molecule has 2 aromatic rings. The van der Waals surface area contributed by atoms with E-state index in [1.807, 2.05) is 47.2 Å². The van der Waals surface area contributed by atoms with Gasteiger partial charge in [0.05, 0.1) is 12.2 Å². The zero-order valence-electron chi connectivity index (χ0n) is 17.0. The summed E-state index contributed by atoms with van der Waals surface area (Å²) in [4.78, 5) is 33.9. The molecule has 4 rings (SSSR count). The molecular weight excluding hydrogens is 366 g/mol. The Morgan fingerprint density at radius 3 is 2.66 bits per heavy atom. The van der Waals surface area contributed by atoms with E-state index >= 15 is 0 Å². The van der Waals surface area contributed by atoms with Crippen molar-refractivity contribution in [3.63, 3.8) is 0 Å². The monoisotopic (exact) mass is 395 g/mol. The van der Waals surface area contributed by atoms with Crippen LogP contribution in [0.15, 0.2) is 42.9 Å². The van der Waals surface area contributed by atoms with Crippen LogP contribution in [-0.4, -0.2) is 56.0 Å². The molecule has 2 aliphatic heterocycles. The van der Waals surface area contributed by atoms with Crippen molar-refractivity contribution < 1.29 is 9.59 Å². The summed E-state index contributed by atoms with van der Waals surface area (Å²) in [7, 11) is 0. The van der Waals surface area contributed by atoms with Crippen LogP contribution >= 0.6 is 0 Å². The molecular formula is C22H29N5O2. The van der Waals surface area contributed by atoms with Crippen LogP contribution in [0.2, 0.25) is 0 Å². The summed E-state index contributed by atoms with van der Waals surface area (Å²) in [5.74, 6) is 0.368. The summed E-state index contributed by atoms with van der Waals surface area (Å²) in [6, 6.07) is 7.45. The average Bonchev–Trinajstić information content (AvgIpc) is 3.27. The van der Waals surface area contributed by atoms with Crippen LogP contribution < -0.4 is 0 Å². The van der Waals surface area contributed by atoms with Crippen molar-refractivity contribution in [3.05, 3.63) is 48.5 Å². The second-order valence-electron chi connectivity index (χ2n) is 8.31. The summed E-state index contributed by atoms with van der Waals surface area (Å²) in [5, 5.41) is 4.26. The number of likely N-dealkylation sites (tertiary alicyclic amines) is 2. The maximum absolute atomic E-state index is 13.0. The fourth-order valence-corrected chi connectivity index (χ4v) is 4.69. The molecule has 2 aromatic heterocycles. The number of nitrogens with zero attached hydrogens (tertiary/aromatic N) is 5. The zero-order valence-corrected chi connectivity index (χ0v) is 17.0. The van der Waals surface area contributed by atoms with Gasteiger partial charge < -0.3 is 9.80 Å². The highest BCUT2D eigenvalue weighted by atomic mass is 16.2. The van der Waals surface area contributed by atoms with Gasteiger partial charge in [0.1, 0.15) is 6.04 Å². The van der Waals surface area contributed by atoms with Gasteiger partial charge in [0.25, 0.3) is 0 Å². The lowest BCUT2D eigenvalue weighted by Gasteiger charge is -2.47. The van der Waals surface area contributed by atoms with Crippen molar-refractivity contribution in [3.8, 4) is 0 Å². The number of hydrogen-bond donors (Lipinski definition) is 0. The predicted molar refractivity (Wildman–Crippen MR) is 109 cm³/mol. The van der Waals surface area contributed by atoms with Crippen molar-refractivity contribution in [2.75, 3.05) is 19.6 Å². The van der Waals surface area contributed by atoms with Gasteiger partial charge in [-0.1, -0.05) is 13.0 Å². The molecule has 0 bridgehead atoms. The third-order valence-electron chi connectivity index (χ3n) is 6.48. The number of amides is 2. The quantitative estimate of drug-likeness (QED) is 0.780. The van der Waals surface area contributed by atoms with E-state index in [4.69, 9.17) is 0 Å². The molecule has 0 aliphatic carbocycles. The smallest absolute Gasteiger partial charge is 0.247 e. The van der Waals surface area contributed by atoms with Crippen molar-refractivity contribution in [2.45, 2.75) is 51.6 Å². The molecule has 2 saturated heterocycles. The first-order valence-corrected chi connectivity index (χ1v) is 10.6. The summed E-state index contributed by atoms with van der Waals surface area (Å²) in [6.45, 7) is 4.87. The van der Waals surface area contributed by atoms with Crippen molar-refractivity contribution in [1.29, 1.82) is 0 Å². The van der Waals surface area contributed by atoms with Crippen LogP contribution in [0.3, 0.4) is 0 Å². The number of pyridine rings is 1. The van der Waals surface area contributed by atoms with E-state index in [9.17, 15) is 9.59 Å². The number of rotatable bonds is 5. The lowest BCUT2D eigenvalue weighted by molar-refractivity contribution is -0.144. The second-order valence-corrected chi connectivity index (χ2v) is 8.31. The second kappa shape index (κ2) is 8.35. The molecule has 7 heteroatoms. The molecule has 1 atom stereocenters. The van der Waals surface area contributed by atoms with Crippen molar-refractivity contribution >= 4 is 11.8 Å². The highest BCUT2D eigenvalue weighted by Crippen LogP contribution is 2.41.